The standard InChI is InChI=1S/C14H28N4O3S.HI/c1-14(2)4-6-17(12-14)13(15-3)16-5-11-22(19,20)18-7-9-21-10-8-18;/h4-12H2,1-3H3,(H,15,16);1H. The molecule has 0 bridgehead atoms. The fourth-order valence-electron chi connectivity index (χ4n) is 2.87. The fraction of sp³-hybridized carbons (Fsp3) is 0.929. The Labute approximate surface area is 156 Å². The van der Waals surface area contributed by atoms with Crippen molar-refractivity contribution in [2.45, 2.75) is 20.3 Å². The van der Waals surface area contributed by atoms with E-state index < -0.39 is 10.0 Å². The predicted molar refractivity (Wildman–Crippen MR) is 103 cm³/mol. The van der Waals surface area contributed by atoms with E-state index in [2.05, 4.69) is 29.1 Å². The number of likely N-dealkylation sites (tertiary alicyclic amines) is 1. The Balaban J connectivity index is 0.00000264. The summed E-state index contributed by atoms with van der Waals surface area (Å²) in [6, 6.07) is 0. The van der Waals surface area contributed by atoms with E-state index in [0.717, 1.165) is 25.5 Å². The molecule has 0 radical (unpaired) electrons. The molecule has 0 aromatic heterocycles. The molecular formula is C14H29IN4O3S. The van der Waals surface area contributed by atoms with Crippen LogP contribution in [0, 0.1) is 5.41 Å². The maximum atomic E-state index is 12.3. The molecule has 0 aliphatic carbocycles. The van der Waals surface area contributed by atoms with Crippen molar-refractivity contribution in [2.75, 3.05) is 58.7 Å². The monoisotopic (exact) mass is 460 g/mol. The molecule has 0 aromatic carbocycles. The van der Waals surface area contributed by atoms with E-state index in [9.17, 15) is 8.42 Å². The van der Waals surface area contributed by atoms with Gasteiger partial charge in [0.1, 0.15) is 0 Å². The number of sulfonamides is 1. The molecule has 1 N–H and O–H groups in total. The maximum absolute atomic E-state index is 12.3. The lowest BCUT2D eigenvalue weighted by Crippen LogP contribution is -2.46. The van der Waals surface area contributed by atoms with E-state index in [1.165, 1.54) is 4.31 Å². The summed E-state index contributed by atoms with van der Waals surface area (Å²) in [5, 5.41) is 3.18. The van der Waals surface area contributed by atoms with Crippen molar-refractivity contribution in [1.82, 2.24) is 14.5 Å². The molecule has 2 aliphatic heterocycles. The summed E-state index contributed by atoms with van der Waals surface area (Å²) in [5.41, 5.74) is 0.289. The van der Waals surface area contributed by atoms with Gasteiger partial charge in [-0.25, -0.2) is 8.42 Å². The minimum Gasteiger partial charge on any atom is -0.379 e. The fourth-order valence-corrected chi connectivity index (χ4v) is 4.19. The zero-order chi connectivity index (χ0) is 16.2. The van der Waals surface area contributed by atoms with Gasteiger partial charge in [0, 0.05) is 39.8 Å². The lowest BCUT2D eigenvalue weighted by atomic mass is 9.93. The summed E-state index contributed by atoms with van der Waals surface area (Å²) in [6.45, 7) is 8.64. The van der Waals surface area contributed by atoms with E-state index in [1.54, 1.807) is 7.05 Å². The highest BCUT2D eigenvalue weighted by Crippen LogP contribution is 2.28. The lowest BCUT2D eigenvalue weighted by molar-refractivity contribution is 0.0730. The van der Waals surface area contributed by atoms with Crippen LogP contribution in [0.25, 0.3) is 0 Å². The van der Waals surface area contributed by atoms with Crippen LogP contribution in [0.5, 0.6) is 0 Å². The number of guanidine groups is 1. The van der Waals surface area contributed by atoms with Gasteiger partial charge in [-0.05, 0) is 11.8 Å². The van der Waals surface area contributed by atoms with Crippen molar-refractivity contribution in [2.24, 2.45) is 10.4 Å². The third kappa shape index (κ3) is 6.02. The van der Waals surface area contributed by atoms with E-state index >= 15 is 0 Å². The second-order valence-corrected chi connectivity index (χ2v) is 8.73. The Morgan fingerprint density at radius 1 is 1.26 bits per heavy atom. The molecular weight excluding hydrogens is 431 g/mol. The molecule has 0 spiro atoms. The number of ether oxygens (including phenoxy) is 1. The molecule has 0 atom stereocenters. The molecule has 2 rings (SSSR count). The zero-order valence-electron chi connectivity index (χ0n) is 14.2. The van der Waals surface area contributed by atoms with Gasteiger partial charge >= 0.3 is 0 Å². The van der Waals surface area contributed by atoms with Crippen LogP contribution in [0.15, 0.2) is 4.99 Å². The minimum atomic E-state index is -3.22. The third-order valence-corrected chi connectivity index (χ3v) is 6.07. The van der Waals surface area contributed by atoms with Gasteiger partial charge < -0.3 is 15.0 Å². The van der Waals surface area contributed by atoms with Gasteiger partial charge in [0.05, 0.1) is 19.0 Å². The first-order chi connectivity index (χ1) is 10.3. The van der Waals surface area contributed by atoms with Gasteiger partial charge in [0.15, 0.2) is 5.96 Å². The molecule has 0 aromatic rings. The first kappa shape index (κ1) is 20.9. The van der Waals surface area contributed by atoms with Crippen LogP contribution in [-0.2, 0) is 14.8 Å². The minimum absolute atomic E-state index is 0. The highest BCUT2D eigenvalue weighted by Gasteiger charge is 2.31. The number of halogens is 1. The molecule has 0 saturated carbocycles. The molecule has 9 heteroatoms. The van der Waals surface area contributed by atoms with E-state index in [0.29, 0.717) is 32.8 Å². The number of rotatable bonds is 4. The van der Waals surface area contributed by atoms with Gasteiger partial charge in [-0.15, -0.1) is 24.0 Å². The molecule has 7 nitrogen and oxygen atoms in total. The number of morpholine rings is 1. The van der Waals surface area contributed by atoms with Gasteiger partial charge in [-0.2, -0.15) is 4.31 Å². The molecule has 23 heavy (non-hydrogen) atoms. The summed E-state index contributed by atoms with van der Waals surface area (Å²) in [4.78, 5) is 6.47. The molecule has 2 saturated heterocycles. The van der Waals surface area contributed by atoms with Crippen molar-refractivity contribution < 1.29 is 13.2 Å². The van der Waals surface area contributed by atoms with Crippen molar-refractivity contribution in [1.29, 1.82) is 0 Å². The van der Waals surface area contributed by atoms with Crippen LogP contribution in [0.1, 0.15) is 20.3 Å². The van der Waals surface area contributed by atoms with E-state index in [-0.39, 0.29) is 35.1 Å². The number of nitrogens with one attached hydrogen (secondary N) is 1. The number of nitrogens with zero attached hydrogens (tertiary/aromatic N) is 3. The van der Waals surface area contributed by atoms with Gasteiger partial charge in [0.2, 0.25) is 10.0 Å². The second kappa shape index (κ2) is 8.82. The molecule has 136 valence electrons. The topological polar surface area (TPSA) is 74.2 Å². The summed E-state index contributed by atoms with van der Waals surface area (Å²) in [5.74, 6) is 0.881. The Hall–Kier alpha value is -0.130. The highest BCUT2D eigenvalue weighted by molar-refractivity contribution is 14.0. The quantitative estimate of drug-likeness (QED) is 0.378. The number of aliphatic imine (C=N–C) groups is 1. The van der Waals surface area contributed by atoms with Crippen LogP contribution in [0.2, 0.25) is 0 Å². The Kier molecular flexibility index (Phi) is 8.02. The number of hydrogen-bond acceptors (Lipinski definition) is 4. The van der Waals surface area contributed by atoms with Crippen LogP contribution < -0.4 is 5.32 Å². The van der Waals surface area contributed by atoms with Gasteiger partial charge in [-0.3, -0.25) is 4.99 Å². The molecule has 0 unspecified atom stereocenters. The first-order valence-electron chi connectivity index (χ1n) is 7.85. The van der Waals surface area contributed by atoms with Crippen molar-refractivity contribution in [3.05, 3.63) is 0 Å². The van der Waals surface area contributed by atoms with Crippen molar-refractivity contribution >= 4 is 40.0 Å². The maximum Gasteiger partial charge on any atom is 0.215 e. The SMILES string of the molecule is CN=C(NCCS(=O)(=O)N1CCOCC1)N1CCC(C)(C)C1.I. The lowest BCUT2D eigenvalue weighted by Gasteiger charge is -2.27. The smallest absolute Gasteiger partial charge is 0.215 e. The van der Waals surface area contributed by atoms with Crippen molar-refractivity contribution in [3.63, 3.8) is 0 Å². The van der Waals surface area contributed by atoms with Crippen LogP contribution in [0.4, 0.5) is 0 Å². The summed E-state index contributed by atoms with van der Waals surface area (Å²) in [7, 11) is -1.48. The predicted octanol–water partition coefficient (Wildman–Crippen LogP) is 0.574. The highest BCUT2D eigenvalue weighted by atomic mass is 127. The van der Waals surface area contributed by atoms with E-state index in [1.807, 2.05) is 0 Å². The molecule has 0 amide bonds. The van der Waals surface area contributed by atoms with Crippen LogP contribution in [0.3, 0.4) is 0 Å². The number of hydrogen-bond donors (Lipinski definition) is 1. The Bertz CT molecular complexity index is 504. The molecule has 2 aliphatic rings. The molecule has 2 fully saturated rings. The average Bonchev–Trinajstić information content (AvgIpc) is 2.84. The summed E-state index contributed by atoms with van der Waals surface area (Å²) < 4.78 is 31.2. The van der Waals surface area contributed by atoms with Crippen molar-refractivity contribution in [3.8, 4) is 0 Å². The van der Waals surface area contributed by atoms with Crippen LogP contribution >= 0.6 is 24.0 Å². The second-order valence-electron chi connectivity index (χ2n) is 6.64. The normalized spacial score (nSPS) is 22.7. The van der Waals surface area contributed by atoms with E-state index in [4.69, 9.17) is 4.74 Å². The summed E-state index contributed by atoms with van der Waals surface area (Å²) >= 11 is 0. The first-order valence-corrected chi connectivity index (χ1v) is 9.46. The molecule has 2 heterocycles. The van der Waals surface area contributed by atoms with Gasteiger partial charge in [0.25, 0.3) is 0 Å². The Morgan fingerprint density at radius 3 is 2.43 bits per heavy atom. The largest absolute Gasteiger partial charge is 0.379 e. The zero-order valence-corrected chi connectivity index (χ0v) is 17.4. The summed E-state index contributed by atoms with van der Waals surface area (Å²) in [6.07, 6.45) is 1.12. The van der Waals surface area contributed by atoms with Gasteiger partial charge in [-0.1, -0.05) is 13.8 Å². The average molecular weight is 460 g/mol. The third-order valence-electron chi connectivity index (χ3n) is 4.20. The Morgan fingerprint density at radius 2 is 1.91 bits per heavy atom. The van der Waals surface area contributed by atoms with Crippen LogP contribution in [-0.4, -0.2) is 82.3 Å².